The number of aryl methyl sites for hydroxylation is 1. The van der Waals surface area contributed by atoms with Gasteiger partial charge in [-0.05, 0) is 6.42 Å². The first-order valence-corrected chi connectivity index (χ1v) is 4.71. The SMILES string of the molecule is Cn1ncc(N2CC[C@@H](N)C2)cc1=O. The van der Waals surface area contributed by atoms with Gasteiger partial charge in [-0.3, -0.25) is 4.79 Å². The minimum atomic E-state index is -0.0806. The molecule has 0 radical (unpaired) electrons. The number of rotatable bonds is 1. The maximum atomic E-state index is 11.3. The predicted molar refractivity (Wildman–Crippen MR) is 54.3 cm³/mol. The van der Waals surface area contributed by atoms with Gasteiger partial charge >= 0.3 is 0 Å². The van der Waals surface area contributed by atoms with Crippen LogP contribution in [0, 0.1) is 0 Å². The van der Waals surface area contributed by atoms with E-state index in [9.17, 15) is 4.79 Å². The summed E-state index contributed by atoms with van der Waals surface area (Å²) in [4.78, 5) is 13.4. The van der Waals surface area contributed by atoms with Crippen LogP contribution in [-0.2, 0) is 7.05 Å². The Hall–Kier alpha value is -1.36. The van der Waals surface area contributed by atoms with Crippen LogP contribution in [0.4, 0.5) is 5.69 Å². The standard InChI is InChI=1S/C9H14N4O/c1-12-9(14)4-8(5-11-12)13-3-2-7(10)6-13/h4-5,7H,2-3,6,10H2,1H3/t7-/m1/s1. The van der Waals surface area contributed by atoms with Crippen LogP contribution in [0.25, 0.3) is 0 Å². The molecule has 1 aliphatic rings. The van der Waals surface area contributed by atoms with E-state index >= 15 is 0 Å². The minimum Gasteiger partial charge on any atom is -0.368 e. The summed E-state index contributed by atoms with van der Waals surface area (Å²) in [6.45, 7) is 1.73. The smallest absolute Gasteiger partial charge is 0.268 e. The first-order valence-electron chi connectivity index (χ1n) is 4.71. The van der Waals surface area contributed by atoms with E-state index in [0.717, 1.165) is 25.2 Å². The minimum absolute atomic E-state index is 0.0806. The van der Waals surface area contributed by atoms with Gasteiger partial charge in [-0.15, -0.1) is 0 Å². The largest absolute Gasteiger partial charge is 0.368 e. The van der Waals surface area contributed by atoms with E-state index < -0.39 is 0 Å². The number of anilines is 1. The molecule has 0 aliphatic carbocycles. The fourth-order valence-corrected chi connectivity index (χ4v) is 1.65. The van der Waals surface area contributed by atoms with E-state index in [1.165, 1.54) is 4.68 Å². The molecule has 0 aromatic carbocycles. The maximum Gasteiger partial charge on any atom is 0.268 e. The third kappa shape index (κ3) is 1.63. The van der Waals surface area contributed by atoms with E-state index in [1.807, 2.05) is 0 Å². The van der Waals surface area contributed by atoms with Gasteiger partial charge in [0.05, 0.1) is 11.9 Å². The highest BCUT2D eigenvalue weighted by Gasteiger charge is 2.19. The molecule has 1 saturated heterocycles. The molecule has 0 saturated carbocycles. The van der Waals surface area contributed by atoms with Gasteiger partial charge in [-0.1, -0.05) is 0 Å². The van der Waals surface area contributed by atoms with Gasteiger partial charge in [-0.25, -0.2) is 4.68 Å². The van der Waals surface area contributed by atoms with Gasteiger partial charge in [0, 0.05) is 32.2 Å². The van der Waals surface area contributed by atoms with Crippen LogP contribution >= 0.6 is 0 Å². The molecule has 1 fully saturated rings. The molecular formula is C9H14N4O. The van der Waals surface area contributed by atoms with Crippen LogP contribution in [0.5, 0.6) is 0 Å². The van der Waals surface area contributed by atoms with Crippen molar-refractivity contribution >= 4 is 5.69 Å². The summed E-state index contributed by atoms with van der Waals surface area (Å²) in [7, 11) is 1.64. The summed E-state index contributed by atoms with van der Waals surface area (Å²) >= 11 is 0. The first kappa shape index (κ1) is 9.21. The van der Waals surface area contributed by atoms with Gasteiger partial charge < -0.3 is 10.6 Å². The Morgan fingerprint density at radius 1 is 1.64 bits per heavy atom. The second kappa shape index (κ2) is 3.42. The van der Waals surface area contributed by atoms with Crippen LogP contribution in [0.15, 0.2) is 17.1 Å². The Kier molecular flexibility index (Phi) is 2.25. The Labute approximate surface area is 82.1 Å². The highest BCUT2D eigenvalue weighted by Crippen LogP contribution is 2.16. The molecule has 2 rings (SSSR count). The zero-order chi connectivity index (χ0) is 10.1. The van der Waals surface area contributed by atoms with Gasteiger partial charge in [0.15, 0.2) is 0 Å². The molecule has 2 heterocycles. The fraction of sp³-hybridized carbons (Fsp3) is 0.556. The van der Waals surface area contributed by atoms with Gasteiger partial charge in [0.25, 0.3) is 5.56 Å². The van der Waals surface area contributed by atoms with E-state index in [1.54, 1.807) is 19.3 Å². The Bertz CT molecular complexity index is 387. The molecule has 5 heteroatoms. The highest BCUT2D eigenvalue weighted by atomic mass is 16.1. The summed E-state index contributed by atoms with van der Waals surface area (Å²) in [5.41, 5.74) is 6.58. The molecule has 0 amide bonds. The predicted octanol–water partition coefficient (Wildman–Crippen LogP) is -0.682. The molecule has 14 heavy (non-hydrogen) atoms. The van der Waals surface area contributed by atoms with Crippen molar-refractivity contribution in [3.05, 3.63) is 22.6 Å². The molecule has 76 valence electrons. The summed E-state index contributed by atoms with van der Waals surface area (Å²) in [5, 5.41) is 3.97. The van der Waals surface area contributed by atoms with Crippen molar-refractivity contribution in [2.45, 2.75) is 12.5 Å². The normalized spacial score (nSPS) is 21.6. The van der Waals surface area contributed by atoms with Gasteiger partial charge in [0.2, 0.25) is 0 Å². The van der Waals surface area contributed by atoms with Crippen LogP contribution in [-0.4, -0.2) is 28.9 Å². The lowest BCUT2D eigenvalue weighted by atomic mass is 10.3. The molecule has 0 unspecified atom stereocenters. The Morgan fingerprint density at radius 3 is 3.00 bits per heavy atom. The molecule has 5 nitrogen and oxygen atoms in total. The quantitative estimate of drug-likeness (QED) is 0.643. The van der Waals surface area contributed by atoms with Crippen molar-refractivity contribution in [3.8, 4) is 0 Å². The molecule has 1 aliphatic heterocycles. The lowest BCUT2D eigenvalue weighted by Crippen LogP contribution is -2.28. The Morgan fingerprint density at radius 2 is 2.43 bits per heavy atom. The number of nitrogens with zero attached hydrogens (tertiary/aromatic N) is 3. The van der Waals surface area contributed by atoms with E-state index in [-0.39, 0.29) is 11.6 Å². The summed E-state index contributed by atoms with van der Waals surface area (Å²) in [5.74, 6) is 0. The van der Waals surface area contributed by atoms with Crippen LogP contribution < -0.4 is 16.2 Å². The molecule has 0 bridgehead atoms. The fourth-order valence-electron chi connectivity index (χ4n) is 1.65. The molecule has 1 aromatic rings. The topological polar surface area (TPSA) is 64.2 Å². The van der Waals surface area contributed by atoms with E-state index in [0.29, 0.717) is 0 Å². The van der Waals surface area contributed by atoms with Crippen molar-refractivity contribution in [2.24, 2.45) is 12.8 Å². The molecule has 1 atom stereocenters. The summed E-state index contributed by atoms with van der Waals surface area (Å²) < 4.78 is 1.32. The Balaban J connectivity index is 2.25. The maximum absolute atomic E-state index is 11.3. The zero-order valence-electron chi connectivity index (χ0n) is 8.18. The van der Waals surface area contributed by atoms with Crippen LogP contribution in [0.3, 0.4) is 0 Å². The van der Waals surface area contributed by atoms with Gasteiger partial charge in [0.1, 0.15) is 0 Å². The van der Waals surface area contributed by atoms with E-state index in [2.05, 4.69) is 10.00 Å². The lowest BCUT2D eigenvalue weighted by molar-refractivity contribution is 0.703. The average molecular weight is 194 g/mol. The monoisotopic (exact) mass is 194 g/mol. The number of nitrogens with two attached hydrogens (primary N) is 1. The number of hydrogen-bond donors (Lipinski definition) is 1. The van der Waals surface area contributed by atoms with E-state index in [4.69, 9.17) is 5.73 Å². The number of aromatic nitrogens is 2. The third-order valence-corrected chi connectivity index (χ3v) is 2.54. The molecule has 1 aromatic heterocycles. The second-order valence-corrected chi connectivity index (χ2v) is 3.67. The van der Waals surface area contributed by atoms with Gasteiger partial charge in [-0.2, -0.15) is 5.10 Å². The van der Waals surface area contributed by atoms with Crippen molar-refractivity contribution in [1.29, 1.82) is 0 Å². The molecule has 0 spiro atoms. The molecular weight excluding hydrogens is 180 g/mol. The first-order chi connectivity index (χ1) is 6.66. The van der Waals surface area contributed by atoms with Crippen molar-refractivity contribution in [1.82, 2.24) is 9.78 Å². The molecule has 2 N–H and O–H groups in total. The van der Waals surface area contributed by atoms with Crippen molar-refractivity contribution in [3.63, 3.8) is 0 Å². The third-order valence-electron chi connectivity index (χ3n) is 2.54. The summed E-state index contributed by atoms with van der Waals surface area (Å²) in [6.07, 6.45) is 2.69. The average Bonchev–Trinajstić information content (AvgIpc) is 2.57. The zero-order valence-corrected chi connectivity index (χ0v) is 8.18. The van der Waals surface area contributed by atoms with Crippen LogP contribution in [0.2, 0.25) is 0 Å². The van der Waals surface area contributed by atoms with Crippen molar-refractivity contribution < 1.29 is 0 Å². The lowest BCUT2D eigenvalue weighted by Gasteiger charge is -2.16. The summed E-state index contributed by atoms with van der Waals surface area (Å²) in [6, 6.07) is 1.82. The highest BCUT2D eigenvalue weighted by molar-refractivity contribution is 5.44. The van der Waals surface area contributed by atoms with Crippen LogP contribution in [0.1, 0.15) is 6.42 Å². The second-order valence-electron chi connectivity index (χ2n) is 3.67. The van der Waals surface area contributed by atoms with Crippen molar-refractivity contribution in [2.75, 3.05) is 18.0 Å². The number of hydrogen-bond acceptors (Lipinski definition) is 4.